The second-order valence-electron chi connectivity index (χ2n) is 3.74. The van der Waals surface area contributed by atoms with Crippen LogP contribution in [0.15, 0.2) is 41.1 Å². The number of nitro benzene ring substituents is 1. The Labute approximate surface area is 120 Å². The first-order chi connectivity index (χ1) is 9.47. The Bertz CT molecular complexity index is 676. The number of carbonyl (C=O) groups excluding carboxylic acids is 1. The zero-order valence-electron chi connectivity index (χ0n) is 9.84. The van der Waals surface area contributed by atoms with Crippen LogP contribution in [0.4, 0.5) is 15.8 Å². The Hall–Kier alpha value is -2.35. The van der Waals surface area contributed by atoms with Gasteiger partial charge in [0.15, 0.2) is 0 Å². The van der Waals surface area contributed by atoms with Gasteiger partial charge in [-0.2, -0.15) is 0 Å². The molecule has 6 nitrogen and oxygen atoms in total. The van der Waals surface area contributed by atoms with E-state index in [1.165, 1.54) is 6.20 Å². The summed E-state index contributed by atoms with van der Waals surface area (Å²) < 4.78 is 13.6. The molecule has 1 aromatic heterocycles. The second kappa shape index (κ2) is 5.74. The summed E-state index contributed by atoms with van der Waals surface area (Å²) in [5.74, 6) is -1.49. The highest BCUT2D eigenvalue weighted by atomic mass is 79.9. The summed E-state index contributed by atoms with van der Waals surface area (Å²) in [5, 5.41) is 13.3. The Balaban J connectivity index is 2.29. The fourth-order valence-corrected chi connectivity index (χ4v) is 1.73. The number of nitro groups is 1. The molecule has 0 aliphatic heterocycles. The Morgan fingerprint density at radius 1 is 1.35 bits per heavy atom. The molecule has 20 heavy (non-hydrogen) atoms. The van der Waals surface area contributed by atoms with Crippen LogP contribution < -0.4 is 5.32 Å². The van der Waals surface area contributed by atoms with Gasteiger partial charge in [-0.25, -0.2) is 9.37 Å². The highest BCUT2D eigenvalue weighted by Gasteiger charge is 2.21. The molecule has 0 aliphatic rings. The first-order valence-corrected chi connectivity index (χ1v) is 6.13. The third kappa shape index (κ3) is 3.15. The van der Waals surface area contributed by atoms with E-state index in [2.05, 4.69) is 26.2 Å². The van der Waals surface area contributed by atoms with Crippen molar-refractivity contribution in [3.63, 3.8) is 0 Å². The van der Waals surface area contributed by atoms with Crippen LogP contribution in [0.5, 0.6) is 0 Å². The maximum atomic E-state index is 13.0. The van der Waals surface area contributed by atoms with Crippen molar-refractivity contribution in [3.8, 4) is 0 Å². The van der Waals surface area contributed by atoms with Crippen molar-refractivity contribution >= 4 is 33.2 Å². The molecular weight excluding hydrogens is 333 g/mol. The van der Waals surface area contributed by atoms with Gasteiger partial charge in [0.05, 0.1) is 22.9 Å². The predicted molar refractivity (Wildman–Crippen MR) is 72.9 cm³/mol. The molecule has 2 aromatic rings. The van der Waals surface area contributed by atoms with E-state index in [4.69, 9.17) is 0 Å². The van der Waals surface area contributed by atoms with Gasteiger partial charge in [0.1, 0.15) is 16.0 Å². The summed E-state index contributed by atoms with van der Waals surface area (Å²) in [6, 6.07) is 5.94. The van der Waals surface area contributed by atoms with Crippen LogP contribution in [0.2, 0.25) is 0 Å². The number of nitrogens with one attached hydrogen (secondary N) is 1. The van der Waals surface area contributed by atoms with E-state index in [1.54, 1.807) is 12.1 Å². The van der Waals surface area contributed by atoms with Crippen molar-refractivity contribution < 1.29 is 14.1 Å². The van der Waals surface area contributed by atoms with E-state index in [-0.39, 0.29) is 5.56 Å². The lowest BCUT2D eigenvalue weighted by atomic mass is 10.1. The molecule has 1 heterocycles. The average Bonchev–Trinajstić information content (AvgIpc) is 2.41. The topological polar surface area (TPSA) is 85.1 Å². The lowest BCUT2D eigenvalue weighted by Gasteiger charge is -2.05. The minimum atomic E-state index is -0.808. The third-order valence-electron chi connectivity index (χ3n) is 2.39. The SMILES string of the molecule is O=C(Nc1ccc(Br)nc1)c1ccc(F)cc1[N+](=O)[O-]. The molecule has 102 valence electrons. The van der Waals surface area contributed by atoms with Gasteiger partial charge < -0.3 is 5.32 Å². The Morgan fingerprint density at radius 2 is 2.10 bits per heavy atom. The van der Waals surface area contributed by atoms with E-state index < -0.39 is 22.3 Å². The molecule has 0 saturated heterocycles. The van der Waals surface area contributed by atoms with Crippen LogP contribution in [0.3, 0.4) is 0 Å². The highest BCUT2D eigenvalue weighted by molar-refractivity contribution is 9.10. The first kappa shape index (κ1) is 14.1. The molecule has 0 unspecified atom stereocenters. The van der Waals surface area contributed by atoms with Crippen molar-refractivity contribution in [2.45, 2.75) is 0 Å². The summed E-state index contributed by atoms with van der Waals surface area (Å²) in [7, 11) is 0. The van der Waals surface area contributed by atoms with Crippen LogP contribution in [-0.2, 0) is 0 Å². The van der Waals surface area contributed by atoms with Crippen molar-refractivity contribution in [1.29, 1.82) is 0 Å². The molecule has 1 N–H and O–H groups in total. The van der Waals surface area contributed by atoms with Crippen molar-refractivity contribution in [3.05, 3.63) is 62.6 Å². The number of halogens is 2. The quantitative estimate of drug-likeness (QED) is 0.528. The molecular formula is C12H7BrFN3O3. The maximum absolute atomic E-state index is 13.0. The van der Waals surface area contributed by atoms with Crippen molar-refractivity contribution in [1.82, 2.24) is 4.98 Å². The van der Waals surface area contributed by atoms with Gasteiger partial charge in [0.25, 0.3) is 11.6 Å². The summed E-state index contributed by atoms with van der Waals surface area (Å²) in [5.41, 5.74) is -0.441. The monoisotopic (exact) mass is 339 g/mol. The molecule has 0 fully saturated rings. The van der Waals surface area contributed by atoms with E-state index in [1.807, 2.05) is 0 Å². The standard InChI is InChI=1S/C12H7BrFN3O3/c13-11-4-2-8(6-15-11)16-12(18)9-3-1-7(14)5-10(9)17(19)20/h1-6H,(H,16,18). The number of hydrogen-bond acceptors (Lipinski definition) is 4. The van der Waals surface area contributed by atoms with Crippen molar-refractivity contribution in [2.24, 2.45) is 0 Å². The van der Waals surface area contributed by atoms with Gasteiger partial charge in [0, 0.05) is 0 Å². The van der Waals surface area contributed by atoms with E-state index >= 15 is 0 Å². The number of aromatic nitrogens is 1. The zero-order chi connectivity index (χ0) is 14.7. The smallest absolute Gasteiger partial charge is 0.285 e. The second-order valence-corrected chi connectivity index (χ2v) is 4.55. The third-order valence-corrected chi connectivity index (χ3v) is 2.86. The number of benzene rings is 1. The van der Waals surface area contributed by atoms with Crippen LogP contribution >= 0.6 is 15.9 Å². The molecule has 0 bridgehead atoms. The molecule has 0 aliphatic carbocycles. The average molecular weight is 340 g/mol. The fourth-order valence-electron chi connectivity index (χ4n) is 1.50. The number of hydrogen-bond donors (Lipinski definition) is 1. The van der Waals surface area contributed by atoms with Crippen LogP contribution in [0, 0.1) is 15.9 Å². The van der Waals surface area contributed by atoms with Crippen LogP contribution in [0.1, 0.15) is 10.4 Å². The van der Waals surface area contributed by atoms with Crippen LogP contribution in [-0.4, -0.2) is 15.8 Å². The fraction of sp³-hybridized carbons (Fsp3) is 0. The largest absolute Gasteiger partial charge is 0.320 e. The highest BCUT2D eigenvalue weighted by Crippen LogP contribution is 2.21. The summed E-state index contributed by atoms with van der Waals surface area (Å²) in [4.78, 5) is 25.9. The minimum absolute atomic E-state index is 0.223. The molecule has 0 radical (unpaired) electrons. The maximum Gasteiger partial charge on any atom is 0.285 e. The van der Waals surface area contributed by atoms with Gasteiger partial charge in [-0.15, -0.1) is 0 Å². The van der Waals surface area contributed by atoms with Gasteiger partial charge in [-0.3, -0.25) is 14.9 Å². The van der Waals surface area contributed by atoms with Gasteiger partial charge in [0.2, 0.25) is 0 Å². The Morgan fingerprint density at radius 3 is 2.70 bits per heavy atom. The molecule has 0 spiro atoms. The number of rotatable bonds is 3. The van der Waals surface area contributed by atoms with Gasteiger partial charge in [-0.1, -0.05) is 0 Å². The summed E-state index contributed by atoms with van der Waals surface area (Å²) >= 11 is 3.14. The zero-order valence-corrected chi connectivity index (χ0v) is 11.4. The molecule has 8 heteroatoms. The number of anilines is 1. The Kier molecular flexibility index (Phi) is 4.04. The van der Waals surface area contributed by atoms with E-state index in [9.17, 15) is 19.3 Å². The molecule has 1 amide bonds. The molecule has 0 atom stereocenters. The normalized spacial score (nSPS) is 10.1. The van der Waals surface area contributed by atoms with Gasteiger partial charge >= 0.3 is 0 Å². The molecule has 2 rings (SSSR count). The van der Waals surface area contributed by atoms with Crippen molar-refractivity contribution in [2.75, 3.05) is 5.32 Å². The lowest BCUT2D eigenvalue weighted by Crippen LogP contribution is -2.14. The van der Waals surface area contributed by atoms with Gasteiger partial charge in [-0.05, 0) is 40.2 Å². The summed E-state index contributed by atoms with van der Waals surface area (Å²) in [6.07, 6.45) is 1.39. The van der Waals surface area contributed by atoms with E-state index in [0.29, 0.717) is 16.4 Å². The minimum Gasteiger partial charge on any atom is -0.320 e. The predicted octanol–water partition coefficient (Wildman–Crippen LogP) is 3.14. The number of carbonyl (C=O) groups is 1. The molecule has 0 saturated carbocycles. The lowest BCUT2D eigenvalue weighted by molar-refractivity contribution is -0.385. The number of pyridine rings is 1. The number of amides is 1. The number of nitrogens with zero attached hydrogens (tertiary/aromatic N) is 2. The molecule has 1 aromatic carbocycles. The van der Waals surface area contributed by atoms with E-state index in [0.717, 1.165) is 12.1 Å². The van der Waals surface area contributed by atoms with Crippen LogP contribution in [0.25, 0.3) is 0 Å². The first-order valence-electron chi connectivity index (χ1n) is 5.34. The summed E-state index contributed by atoms with van der Waals surface area (Å²) in [6.45, 7) is 0.